The second-order valence-corrected chi connectivity index (χ2v) is 14.2. The molecule has 5 rings (SSSR count). The van der Waals surface area contributed by atoms with Gasteiger partial charge in [-0.05, 0) is 83.3 Å². The van der Waals surface area contributed by atoms with Crippen molar-refractivity contribution in [1.29, 1.82) is 0 Å². The Morgan fingerprint density at radius 2 is 0.895 bits per heavy atom. The van der Waals surface area contributed by atoms with Gasteiger partial charge in [0.2, 0.25) is 0 Å². The smallest absolute Gasteiger partial charge is 0.0708 e. The minimum absolute atomic E-state index is 0.00582. The second-order valence-electron chi connectivity index (χ2n) is 14.2. The first-order valence-electron chi connectivity index (χ1n) is 13.8. The topological polar surface area (TPSA) is 25.8 Å². The average molecular weight is 503 g/mol. The lowest BCUT2D eigenvalue weighted by Gasteiger charge is -2.31. The van der Waals surface area contributed by atoms with Gasteiger partial charge in [-0.15, -0.1) is 0 Å². The molecule has 8 bridgehead atoms. The van der Waals surface area contributed by atoms with Crippen LogP contribution in [0.4, 0.5) is 0 Å². The first kappa shape index (κ1) is 26.4. The van der Waals surface area contributed by atoms with E-state index < -0.39 is 0 Å². The average Bonchev–Trinajstić information content (AvgIpc) is 2.87. The highest BCUT2D eigenvalue weighted by atomic mass is 14.8. The summed E-state index contributed by atoms with van der Waals surface area (Å²) >= 11 is 0. The number of nitrogens with zero attached hydrogens (tertiary/aromatic N) is 2. The van der Waals surface area contributed by atoms with Crippen LogP contribution in [0.15, 0.2) is 72.8 Å². The Kier molecular flexibility index (Phi) is 5.98. The summed E-state index contributed by atoms with van der Waals surface area (Å²) in [6.07, 6.45) is 0. The molecule has 0 fully saturated rings. The summed E-state index contributed by atoms with van der Waals surface area (Å²) in [6, 6.07) is 27.1. The molecular weight excluding hydrogens is 460 g/mol. The molecule has 1 aliphatic rings. The molecule has 3 heterocycles. The molecule has 0 amide bonds. The van der Waals surface area contributed by atoms with Crippen molar-refractivity contribution in [2.45, 2.75) is 90.9 Å². The molecule has 0 saturated carbocycles. The van der Waals surface area contributed by atoms with E-state index in [-0.39, 0.29) is 21.7 Å². The Bertz CT molecular complexity index is 1410. The van der Waals surface area contributed by atoms with Crippen molar-refractivity contribution in [3.05, 3.63) is 106 Å². The fraction of sp³-hybridized carbons (Fsp3) is 0.389. The third-order valence-corrected chi connectivity index (χ3v) is 8.42. The van der Waals surface area contributed by atoms with E-state index in [1.807, 2.05) is 0 Å². The molecule has 38 heavy (non-hydrogen) atoms. The zero-order chi connectivity index (χ0) is 27.7. The standard InChI is InChI=1S/C36H42N2/c1-33(2,3)27-19-29-23-13-11-15-25(17-23)35(7,8)26-16-12-14-24(18-26)30-20-28(34(4,5)6)22-32(38-30)36(9,10)31(21-27)37-29/h11-22H,1-10H3. The summed E-state index contributed by atoms with van der Waals surface area (Å²) in [5, 5.41) is 0. The molecule has 2 heteroatoms. The van der Waals surface area contributed by atoms with Crippen LogP contribution < -0.4 is 0 Å². The summed E-state index contributed by atoms with van der Waals surface area (Å²) in [5.41, 5.74) is 11.0. The van der Waals surface area contributed by atoms with Crippen LogP contribution in [0.3, 0.4) is 0 Å². The highest BCUT2D eigenvalue weighted by Gasteiger charge is 2.32. The van der Waals surface area contributed by atoms with Gasteiger partial charge in [-0.25, -0.2) is 0 Å². The maximum absolute atomic E-state index is 5.34. The van der Waals surface area contributed by atoms with Gasteiger partial charge in [0.1, 0.15) is 0 Å². The Morgan fingerprint density at radius 1 is 0.500 bits per heavy atom. The fourth-order valence-corrected chi connectivity index (χ4v) is 5.30. The molecule has 2 nitrogen and oxygen atoms in total. The first-order valence-corrected chi connectivity index (χ1v) is 13.8. The molecule has 0 aliphatic carbocycles. The maximum Gasteiger partial charge on any atom is 0.0708 e. The third-order valence-electron chi connectivity index (χ3n) is 8.42. The van der Waals surface area contributed by atoms with Crippen molar-refractivity contribution in [3.8, 4) is 22.5 Å². The van der Waals surface area contributed by atoms with Gasteiger partial charge in [-0.3, -0.25) is 9.97 Å². The third kappa shape index (κ3) is 4.59. The minimum Gasteiger partial charge on any atom is -0.252 e. The van der Waals surface area contributed by atoms with E-state index in [1.54, 1.807) is 0 Å². The maximum atomic E-state index is 5.34. The van der Waals surface area contributed by atoms with Crippen molar-refractivity contribution < 1.29 is 0 Å². The number of pyridine rings is 2. The number of benzene rings is 2. The predicted octanol–water partition coefficient (Wildman–Crippen LogP) is 9.37. The molecule has 0 N–H and O–H groups in total. The van der Waals surface area contributed by atoms with Crippen molar-refractivity contribution in [3.63, 3.8) is 0 Å². The van der Waals surface area contributed by atoms with Crippen molar-refractivity contribution >= 4 is 0 Å². The summed E-state index contributed by atoms with van der Waals surface area (Å²) in [6.45, 7) is 22.9. The lowest BCUT2D eigenvalue weighted by Crippen LogP contribution is -2.26. The monoisotopic (exact) mass is 502 g/mol. The summed E-state index contributed by atoms with van der Waals surface area (Å²) in [5.74, 6) is 0. The Labute approximate surface area is 229 Å². The van der Waals surface area contributed by atoms with E-state index in [1.165, 1.54) is 22.3 Å². The van der Waals surface area contributed by atoms with Gasteiger partial charge in [0.05, 0.1) is 22.8 Å². The highest BCUT2D eigenvalue weighted by molar-refractivity contribution is 5.66. The Morgan fingerprint density at radius 3 is 1.26 bits per heavy atom. The Hall–Kier alpha value is -3.26. The number of hydrogen-bond acceptors (Lipinski definition) is 2. The summed E-state index contributed by atoms with van der Waals surface area (Å²) in [7, 11) is 0. The number of fused-ring (bicyclic) bond motifs is 10. The van der Waals surface area contributed by atoms with Gasteiger partial charge in [-0.2, -0.15) is 0 Å². The van der Waals surface area contributed by atoms with Crippen LogP contribution in [-0.2, 0) is 21.7 Å². The van der Waals surface area contributed by atoms with E-state index in [9.17, 15) is 0 Å². The van der Waals surface area contributed by atoms with Gasteiger partial charge < -0.3 is 0 Å². The van der Waals surface area contributed by atoms with Crippen LogP contribution in [0.1, 0.15) is 103 Å². The van der Waals surface area contributed by atoms with E-state index in [0.29, 0.717) is 0 Å². The summed E-state index contributed by atoms with van der Waals surface area (Å²) < 4.78 is 0. The van der Waals surface area contributed by atoms with Gasteiger partial charge in [0.15, 0.2) is 0 Å². The lowest BCUT2D eigenvalue weighted by atomic mass is 9.76. The normalized spacial score (nSPS) is 16.1. The van der Waals surface area contributed by atoms with E-state index in [2.05, 4.69) is 142 Å². The molecule has 1 aliphatic heterocycles. The van der Waals surface area contributed by atoms with Crippen LogP contribution in [0.5, 0.6) is 0 Å². The molecule has 2 aromatic carbocycles. The molecule has 0 saturated heterocycles. The highest BCUT2D eigenvalue weighted by Crippen LogP contribution is 2.40. The van der Waals surface area contributed by atoms with Crippen LogP contribution in [0.2, 0.25) is 0 Å². The second kappa shape index (κ2) is 8.63. The van der Waals surface area contributed by atoms with Crippen LogP contribution >= 0.6 is 0 Å². The SMILES string of the molecule is CC(C)(C)c1cc2nc(c1)C(C)(C)c1cc(C(C)(C)C)cc(n1)-c1cccc(c1)C(C)(C)c1cccc-2c1. The van der Waals surface area contributed by atoms with Gasteiger partial charge in [0, 0.05) is 22.0 Å². The summed E-state index contributed by atoms with van der Waals surface area (Å²) in [4.78, 5) is 10.7. The van der Waals surface area contributed by atoms with Crippen molar-refractivity contribution in [2.24, 2.45) is 0 Å². The van der Waals surface area contributed by atoms with E-state index in [4.69, 9.17) is 9.97 Å². The van der Waals surface area contributed by atoms with E-state index >= 15 is 0 Å². The molecular formula is C36H42N2. The first-order chi connectivity index (χ1) is 17.6. The molecule has 0 atom stereocenters. The minimum atomic E-state index is -0.384. The Balaban J connectivity index is 1.92. The van der Waals surface area contributed by atoms with Crippen molar-refractivity contribution in [1.82, 2.24) is 9.97 Å². The zero-order valence-corrected chi connectivity index (χ0v) is 24.8. The molecule has 4 aromatic rings. The molecule has 196 valence electrons. The number of aromatic nitrogens is 2. The van der Waals surface area contributed by atoms with Gasteiger partial charge in [-0.1, -0.05) is 91.8 Å². The van der Waals surface area contributed by atoms with Crippen LogP contribution in [-0.4, -0.2) is 9.97 Å². The molecule has 2 aromatic heterocycles. The predicted molar refractivity (Wildman–Crippen MR) is 161 cm³/mol. The largest absolute Gasteiger partial charge is 0.252 e. The van der Waals surface area contributed by atoms with Crippen LogP contribution in [0.25, 0.3) is 22.5 Å². The fourth-order valence-electron chi connectivity index (χ4n) is 5.30. The van der Waals surface area contributed by atoms with E-state index in [0.717, 1.165) is 33.9 Å². The quantitative estimate of drug-likeness (QED) is 0.239. The van der Waals surface area contributed by atoms with Gasteiger partial charge >= 0.3 is 0 Å². The molecule has 0 radical (unpaired) electrons. The zero-order valence-electron chi connectivity index (χ0n) is 24.8. The van der Waals surface area contributed by atoms with Crippen LogP contribution in [0, 0.1) is 0 Å². The number of rotatable bonds is 0. The molecule has 0 unspecified atom stereocenters. The number of hydrogen-bond donors (Lipinski definition) is 0. The molecule has 0 spiro atoms. The lowest BCUT2D eigenvalue weighted by molar-refractivity contribution is 0.559. The van der Waals surface area contributed by atoms with Gasteiger partial charge in [0.25, 0.3) is 0 Å². The van der Waals surface area contributed by atoms with Crippen molar-refractivity contribution in [2.75, 3.05) is 0 Å².